The molecule has 0 spiro atoms. The smallest absolute Gasteiger partial charge is 0.220 e. The van der Waals surface area contributed by atoms with Crippen molar-refractivity contribution >= 4 is 5.91 Å². The van der Waals surface area contributed by atoms with Gasteiger partial charge in [0.2, 0.25) is 5.91 Å². The van der Waals surface area contributed by atoms with Crippen LogP contribution in [-0.2, 0) is 17.8 Å². The molecule has 1 aromatic rings. The second-order valence-electron chi connectivity index (χ2n) is 3.70. The summed E-state index contributed by atoms with van der Waals surface area (Å²) in [4.78, 5) is 11.3. The number of nitrogens with one attached hydrogen (secondary N) is 1. The van der Waals surface area contributed by atoms with Gasteiger partial charge in [0.15, 0.2) is 0 Å². The normalized spacial score (nSPS) is 10.0. The number of carbonyl (C=O) groups excluding carboxylic acids is 1. The average Bonchev–Trinajstić information content (AvgIpc) is 2.27. The van der Waals surface area contributed by atoms with Gasteiger partial charge in [-0.3, -0.25) is 4.79 Å². The summed E-state index contributed by atoms with van der Waals surface area (Å²) < 4.78 is 0. The van der Waals surface area contributed by atoms with Crippen LogP contribution in [0.2, 0.25) is 0 Å². The van der Waals surface area contributed by atoms with E-state index in [4.69, 9.17) is 0 Å². The molecular weight excluding hydrogens is 186 g/mol. The van der Waals surface area contributed by atoms with Crippen molar-refractivity contribution in [3.05, 3.63) is 35.4 Å². The number of benzene rings is 1. The van der Waals surface area contributed by atoms with Gasteiger partial charge >= 0.3 is 0 Å². The van der Waals surface area contributed by atoms with Crippen molar-refractivity contribution in [1.29, 1.82) is 0 Å². The van der Waals surface area contributed by atoms with Crippen molar-refractivity contribution in [1.82, 2.24) is 5.32 Å². The summed E-state index contributed by atoms with van der Waals surface area (Å²) >= 11 is 0. The Morgan fingerprint density at radius 3 is 2.67 bits per heavy atom. The number of hydrogen-bond donors (Lipinski definition) is 1. The van der Waals surface area contributed by atoms with Gasteiger partial charge in [0, 0.05) is 13.0 Å². The quantitative estimate of drug-likeness (QED) is 0.786. The number of aryl methyl sites for hydroxylation is 1. The van der Waals surface area contributed by atoms with Crippen molar-refractivity contribution in [2.45, 2.75) is 39.7 Å². The second-order valence-corrected chi connectivity index (χ2v) is 3.70. The fraction of sp³-hybridized carbons (Fsp3) is 0.462. The molecule has 0 bridgehead atoms. The predicted molar refractivity (Wildman–Crippen MR) is 62.6 cm³/mol. The Morgan fingerprint density at radius 1 is 1.27 bits per heavy atom. The Hall–Kier alpha value is -1.31. The Balaban J connectivity index is 2.46. The highest BCUT2D eigenvalue weighted by Gasteiger charge is 1.99. The molecule has 0 unspecified atom stereocenters. The number of hydrogen-bond acceptors (Lipinski definition) is 1. The minimum Gasteiger partial charge on any atom is -0.352 e. The SMILES string of the molecule is CCCC(=O)NCc1cccc(CC)c1. The summed E-state index contributed by atoms with van der Waals surface area (Å²) in [5.74, 6) is 0.138. The van der Waals surface area contributed by atoms with Gasteiger partial charge in [-0.25, -0.2) is 0 Å². The van der Waals surface area contributed by atoms with Crippen LogP contribution >= 0.6 is 0 Å². The molecule has 0 aliphatic rings. The van der Waals surface area contributed by atoms with Crippen LogP contribution in [0.5, 0.6) is 0 Å². The van der Waals surface area contributed by atoms with E-state index in [9.17, 15) is 4.79 Å². The Bertz CT molecular complexity index is 320. The summed E-state index contributed by atoms with van der Waals surface area (Å²) in [5, 5.41) is 2.91. The first-order valence-electron chi connectivity index (χ1n) is 5.60. The van der Waals surface area contributed by atoms with Crippen molar-refractivity contribution in [2.24, 2.45) is 0 Å². The molecule has 15 heavy (non-hydrogen) atoms. The molecule has 0 saturated heterocycles. The van der Waals surface area contributed by atoms with E-state index in [1.54, 1.807) is 0 Å². The molecule has 0 heterocycles. The zero-order valence-corrected chi connectivity index (χ0v) is 9.55. The second kappa shape index (κ2) is 6.23. The fourth-order valence-corrected chi connectivity index (χ4v) is 1.48. The van der Waals surface area contributed by atoms with Crippen LogP contribution in [0, 0.1) is 0 Å². The molecule has 2 nitrogen and oxygen atoms in total. The first-order chi connectivity index (χ1) is 7.26. The minimum absolute atomic E-state index is 0.138. The van der Waals surface area contributed by atoms with Gasteiger partial charge in [0.05, 0.1) is 0 Å². The van der Waals surface area contributed by atoms with Crippen molar-refractivity contribution in [2.75, 3.05) is 0 Å². The van der Waals surface area contributed by atoms with Crippen LogP contribution < -0.4 is 5.32 Å². The lowest BCUT2D eigenvalue weighted by molar-refractivity contribution is -0.121. The molecule has 1 aromatic carbocycles. The Labute approximate surface area is 91.7 Å². The lowest BCUT2D eigenvalue weighted by Gasteiger charge is -2.05. The lowest BCUT2D eigenvalue weighted by atomic mass is 10.1. The first kappa shape index (κ1) is 11.8. The highest BCUT2D eigenvalue weighted by Crippen LogP contribution is 2.05. The molecule has 0 fully saturated rings. The molecule has 0 atom stereocenters. The van der Waals surface area contributed by atoms with Crippen molar-refractivity contribution < 1.29 is 4.79 Å². The number of amides is 1. The van der Waals surface area contributed by atoms with E-state index < -0.39 is 0 Å². The maximum Gasteiger partial charge on any atom is 0.220 e. The van der Waals surface area contributed by atoms with Crippen LogP contribution in [0.3, 0.4) is 0 Å². The molecule has 1 rings (SSSR count). The van der Waals surface area contributed by atoms with Crippen LogP contribution in [0.15, 0.2) is 24.3 Å². The van der Waals surface area contributed by atoms with E-state index in [0.29, 0.717) is 13.0 Å². The zero-order chi connectivity index (χ0) is 11.1. The topological polar surface area (TPSA) is 29.1 Å². The van der Waals surface area contributed by atoms with Gasteiger partial charge in [-0.2, -0.15) is 0 Å². The molecule has 82 valence electrons. The van der Waals surface area contributed by atoms with Gasteiger partial charge in [0.25, 0.3) is 0 Å². The molecule has 0 aliphatic heterocycles. The summed E-state index contributed by atoms with van der Waals surface area (Å²) in [6.45, 7) is 4.79. The Kier molecular flexibility index (Phi) is 4.88. The summed E-state index contributed by atoms with van der Waals surface area (Å²) in [6.07, 6.45) is 2.56. The monoisotopic (exact) mass is 205 g/mol. The van der Waals surface area contributed by atoms with Gasteiger partial charge in [-0.15, -0.1) is 0 Å². The van der Waals surface area contributed by atoms with Crippen LogP contribution in [0.25, 0.3) is 0 Å². The van der Waals surface area contributed by atoms with E-state index in [2.05, 4.69) is 24.4 Å². The third-order valence-electron chi connectivity index (χ3n) is 2.37. The lowest BCUT2D eigenvalue weighted by Crippen LogP contribution is -2.22. The van der Waals surface area contributed by atoms with E-state index in [1.165, 1.54) is 11.1 Å². The third-order valence-corrected chi connectivity index (χ3v) is 2.37. The molecule has 1 amide bonds. The minimum atomic E-state index is 0.138. The maximum atomic E-state index is 11.3. The highest BCUT2D eigenvalue weighted by molar-refractivity contribution is 5.75. The van der Waals surface area contributed by atoms with Gasteiger partial charge in [-0.05, 0) is 24.0 Å². The Morgan fingerprint density at radius 2 is 2.00 bits per heavy atom. The molecule has 0 saturated carbocycles. The van der Waals surface area contributed by atoms with Crippen LogP contribution in [-0.4, -0.2) is 5.91 Å². The van der Waals surface area contributed by atoms with Crippen molar-refractivity contribution in [3.63, 3.8) is 0 Å². The highest BCUT2D eigenvalue weighted by atomic mass is 16.1. The van der Waals surface area contributed by atoms with Gasteiger partial charge in [-0.1, -0.05) is 38.1 Å². The molecular formula is C13H19NO. The van der Waals surface area contributed by atoms with E-state index in [0.717, 1.165) is 12.8 Å². The molecule has 0 aromatic heterocycles. The van der Waals surface area contributed by atoms with E-state index in [-0.39, 0.29) is 5.91 Å². The summed E-state index contributed by atoms with van der Waals surface area (Å²) in [6, 6.07) is 8.34. The predicted octanol–water partition coefficient (Wildman–Crippen LogP) is 2.67. The van der Waals surface area contributed by atoms with E-state index >= 15 is 0 Å². The maximum absolute atomic E-state index is 11.3. The van der Waals surface area contributed by atoms with Gasteiger partial charge in [0.1, 0.15) is 0 Å². The molecule has 0 radical (unpaired) electrons. The van der Waals surface area contributed by atoms with E-state index in [1.807, 2.05) is 19.1 Å². The summed E-state index contributed by atoms with van der Waals surface area (Å²) in [5.41, 5.74) is 2.50. The number of rotatable bonds is 5. The summed E-state index contributed by atoms with van der Waals surface area (Å²) in [7, 11) is 0. The molecule has 1 N–H and O–H groups in total. The molecule has 2 heteroatoms. The molecule has 0 aliphatic carbocycles. The first-order valence-corrected chi connectivity index (χ1v) is 5.60. The van der Waals surface area contributed by atoms with Crippen LogP contribution in [0.1, 0.15) is 37.8 Å². The third kappa shape index (κ3) is 4.15. The van der Waals surface area contributed by atoms with Gasteiger partial charge < -0.3 is 5.32 Å². The van der Waals surface area contributed by atoms with Crippen molar-refractivity contribution in [3.8, 4) is 0 Å². The number of carbonyl (C=O) groups is 1. The average molecular weight is 205 g/mol. The zero-order valence-electron chi connectivity index (χ0n) is 9.55. The largest absolute Gasteiger partial charge is 0.352 e. The fourth-order valence-electron chi connectivity index (χ4n) is 1.48. The van der Waals surface area contributed by atoms with Crippen LogP contribution in [0.4, 0.5) is 0 Å². The standard InChI is InChI=1S/C13H19NO/c1-3-6-13(15)14-10-12-8-5-7-11(4-2)9-12/h5,7-9H,3-4,6,10H2,1-2H3,(H,14,15).